The monoisotopic (exact) mass is 388 g/mol. The second-order valence-electron chi connectivity index (χ2n) is 6.37. The summed E-state index contributed by atoms with van der Waals surface area (Å²) < 4.78 is 45.6. The number of hydrogen-bond acceptors (Lipinski definition) is 4. The normalized spacial score (nSPS) is 16.4. The summed E-state index contributed by atoms with van der Waals surface area (Å²) in [5.41, 5.74) is 0.334. The van der Waals surface area contributed by atoms with Crippen molar-refractivity contribution in [2.75, 3.05) is 11.9 Å². The molecule has 0 aliphatic carbocycles. The molecule has 0 unspecified atom stereocenters. The van der Waals surface area contributed by atoms with Gasteiger partial charge in [-0.25, -0.2) is 18.0 Å². The first kappa shape index (κ1) is 18.0. The maximum atomic E-state index is 13.9. The Morgan fingerprint density at radius 3 is 2.75 bits per heavy atom. The Balaban J connectivity index is 1.54. The van der Waals surface area contributed by atoms with Gasteiger partial charge >= 0.3 is 6.03 Å². The molecule has 0 spiro atoms. The molecule has 1 aliphatic rings. The van der Waals surface area contributed by atoms with Crippen molar-refractivity contribution in [3.8, 4) is 11.4 Å². The molecule has 6 nitrogen and oxygen atoms in total. The van der Waals surface area contributed by atoms with E-state index in [0.717, 1.165) is 12.1 Å². The van der Waals surface area contributed by atoms with Gasteiger partial charge in [-0.3, -0.25) is 0 Å². The van der Waals surface area contributed by atoms with Gasteiger partial charge in [0.15, 0.2) is 0 Å². The smallest absolute Gasteiger partial charge is 0.322 e. The number of urea groups is 1. The molecule has 3 aromatic rings. The summed E-state index contributed by atoms with van der Waals surface area (Å²) in [7, 11) is 0. The third kappa shape index (κ3) is 3.55. The van der Waals surface area contributed by atoms with E-state index in [9.17, 15) is 18.0 Å². The van der Waals surface area contributed by atoms with Gasteiger partial charge in [-0.15, -0.1) is 0 Å². The van der Waals surface area contributed by atoms with Crippen LogP contribution in [-0.4, -0.2) is 27.6 Å². The summed E-state index contributed by atoms with van der Waals surface area (Å²) >= 11 is 0. The number of hydrogen-bond donors (Lipinski definition) is 1. The van der Waals surface area contributed by atoms with Crippen LogP contribution in [0.4, 0.5) is 23.7 Å². The van der Waals surface area contributed by atoms with Gasteiger partial charge in [-0.05, 0) is 43.2 Å². The third-order valence-electron chi connectivity index (χ3n) is 4.49. The maximum Gasteiger partial charge on any atom is 0.322 e. The van der Waals surface area contributed by atoms with E-state index in [1.807, 2.05) is 0 Å². The zero-order valence-corrected chi connectivity index (χ0v) is 14.5. The number of benzene rings is 2. The summed E-state index contributed by atoms with van der Waals surface area (Å²) in [6.45, 7) is 0.453. The fourth-order valence-corrected chi connectivity index (χ4v) is 3.18. The molecule has 28 heavy (non-hydrogen) atoms. The number of nitrogens with zero attached hydrogens (tertiary/aromatic N) is 3. The number of carbonyl (C=O) groups excluding carboxylic acids is 1. The lowest BCUT2D eigenvalue weighted by Gasteiger charge is -2.22. The zero-order chi connectivity index (χ0) is 19.7. The van der Waals surface area contributed by atoms with Crippen molar-refractivity contribution >= 4 is 11.7 Å². The number of rotatable bonds is 3. The van der Waals surface area contributed by atoms with E-state index >= 15 is 0 Å². The van der Waals surface area contributed by atoms with Gasteiger partial charge in [0, 0.05) is 18.3 Å². The lowest BCUT2D eigenvalue weighted by atomic mass is 10.2. The Morgan fingerprint density at radius 2 is 1.96 bits per heavy atom. The minimum Gasteiger partial charge on any atom is -0.337 e. The second-order valence-corrected chi connectivity index (χ2v) is 6.37. The lowest BCUT2D eigenvalue weighted by molar-refractivity contribution is 0.193. The van der Waals surface area contributed by atoms with Crippen LogP contribution >= 0.6 is 0 Å². The first-order valence-electron chi connectivity index (χ1n) is 8.63. The van der Waals surface area contributed by atoms with Crippen LogP contribution in [0.15, 0.2) is 47.0 Å². The molecule has 0 bridgehead atoms. The molecule has 1 atom stereocenters. The Hall–Kier alpha value is -3.36. The molecule has 1 saturated heterocycles. The van der Waals surface area contributed by atoms with Gasteiger partial charge in [0.2, 0.25) is 11.7 Å². The zero-order valence-electron chi connectivity index (χ0n) is 14.5. The van der Waals surface area contributed by atoms with E-state index < -0.39 is 29.5 Å². The Kier molecular flexibility index (Phi) is 4.72. The summed E-state index contributed by atoms with van der Waals surface area (Å²) in [5, 5.41) is 6.39. The van der Waals surface area contributed by atoms with E-state index in [2.05, 4.69) is 15.5 Å². The minimum absolute atomic E-state index is 0.00478. The highest BCUT2D eigenvalue weighted by Gasteiger charge is 2.34. The van der Waals surface area contributed by atoms with E-state index in [0.29, 0.717) is 25.1 Å². The standard InChI is InChI=1S/C19H15F3N4O2/c20-11-3-1-4-13(9-11)23-19(27)26-8-2-5-16(26)18-24-17(25-28-18)14-7-6-12(21)10-15(14)22/h1,3-4,6-7,9-10,16H,2,5,8H2,(H,23,27)/t16-/m1/s1. The highest BCUT2D eigenvalue weighted by atomic mass is 19.1. The van der Waals surface area contributed by atoms with Gasteiger partial charge in [0.1, 0.15) is 23.5 Å². The van der Waals surface area contributed by atoms with Crippen molar-refractivity contribution in [1.29, 1.82) is 0 Å². The number of likely N-dealkylation sites (tertiary alicyclic amines) is 1. The van der Waals surface area contributed by atoms with E-state index in [1.54, 1.807) is 6.07 Å². The highest BCUT2D eigenvalue weighted by molar-refractivity contribution is 5.89. The minimum atomic E-state index is -0.806. The average molecular weight is 388 g/mol. The summed E-state index contributed by atoms with van der Waals surface area (Å²) in [6.07, 6.45) is 1.30. The number of nitrogens with one attached hydrogen (secondary N) is 1. The van der Waals surface area contributed by atoms with Crippen LogP contribution in [0.3, 0.4) is 0 Å². The molecule has 4 rings (SSSR count). The molecule has 0 radical (unpaired) electrons. The van der Waals surface area contributed by atoms with Crippen molar-refractivity contribution in [1.82, 2.24) is 15.0 Å². The van der Waals surface area contributed by atoms with Crippen LogP contribution in [0.25, 0.3) is 11.4 Å². The van der Waals surface area contributed by atoms with Crippen molar-refractivity contribution < 1.29 is 22.5 Å². The van der Waals surface area contributed by atoms with Gasteiger partial charge in [0.05, 0.1) is 5.56 Å². The first-order chi connectivity index (χ1) is 13.5. The molecule has 144 valence electrons. The molecular weight excluding hydrogens is 373 g/mol. The quantitative estimate of drug-likeness (QED) is 0.716. The van der Waals surface area contributed by atoms with Crippen LogP contribution in [-0.2, 0) is 0 Å². The van der Waals surface area contributed by atoms with Crippen LogP contribution in [0.2, 0.25) is 0 Å². The van der Waals surface area contributed by atoms with Crippen LogP contribution in [0.1, 0.15) is 24.8 Å². The second kappa shape index (κ2) is 7.34. The summed E-state index contributed by atoms with van der Waals surface area (Å²) in [6, 6.07) is 7.71. The molecule has 0 saturated carbocycles. The number of amides is 2. The number of aromatic nitrogens is 2. The Labute approximate surface area is 158 Å². The van der Waals surface area contributed by atoms with Crippen molar-refractivity contribution in [3.63, 3.8) is 0 Å². The number of anilines is 1. The lowest BCUT2D eigenvalue weighted by Crippen LogP contribution is -2.34. The van der Waals surface area contributed by atoms with Crippen LogP contribution < -0.4 is 5.32 Å². The molecule has 2 amide bonds. The fourth-order valence-electron chi connectivity index (χ4n) is 3.18. The molecule has 2 aromatic carbocycles. The van der Waals surface area contributed by atoms with Crippen molar-refractivity contribution in [2.24, 2.45) is 0 Å². The van der Waals surface area contributed by atoms with Crippen LogP contribution in [0.5, 0.6) is 0 Å². The SMILES string of the molecule is O=C(Nc1cccc(F)c1)N1CCC[C@@H]1c1nc(-c2ccc(F)cc2F)no1. The number of carbonyl (C=O) groups is 1. The third-order valence-corrected chi connectivity index (χ3v) is 4.49. The Morgan fingerprint density at radius 1 is 1.14 bits per heavy atom. The van der Waals surface area contributed by atoms with Gasteiger partial charge in [0.25, 0.3) is 0 Å². The Bertz CT molecular complexity index is 1020. The highest BCUT2D eigenvalue weighted by Crippen LogP contribution is 2.33. The fraction of sp³-hybridized carbons (Fsp3) is 0.211. The number of halogens is 3. The molecule has 1 N–H and O–H groups in total. The van der Waals surface area contributed by atoms with E-state index in [1.165, 1.54) is 29.2 Å². The summed E-state index contributed by atoms with van der Waals surface area (Å²) in [4.78, 5) is 18.3. The molecular formula is C19H15F3N4O2. The predicted molar refractivity (Wildman–Crippen MR) is 93.7 cm³/mol. The van der Waals surface area contributed by atoms with Crippen molar-refractivity contribution in [3.05, 3.63) is 65.8 Å². The predicted octanol–water partition coefficient (Wildman–Crippen LogP) is 4.52. The van der Waals surface area contributed by atoms with Gasteiger partial charge in [-0.2, -0.15) is 4.98 Å². The largest absolute Gasteiger partial charge is 0.337 e. The summed E-state index contributed by atoms with van der Waals surface area (Å²) in [5.74, 6) is -1.84. The first-order valence-corrected chi connectivity index (χ1v) is 8.63. The molecule has 1 aromatic heterocycles. The van der Waals surface area contributed by atoms with E-state index in [4.69, 9.17) is 4.52 Å². The maximum absolute atomic E-state index is 13.9. The van der Waals surface area contributed by atoms with Gasteiger partial charge < -0.3 is 14.7 Å². The van der Waals surface area contributed by atoms with E-state index in [-0.39, 0.29) is 17.3 Å². The molecule has 9 heteroatoms. The van der Waals surface area contributed by atoms with Crippen molar-refractivity contribution in [2.45, 2.75) is 18.9 Å². The topological polar surface area (TPSA) is 71.3 Å². The molecule has 2 heterocycles. The molecule has 1 aliphatic heterocycles. The van der Waals surface area contributed by atoms with Gasteiger partial charge in [-0.1, -0.05) is 11.2 Å². The molecule has 1 fully saturated rings. The average Bonchev–Trinajstić information content (AvgIpc) is 3.31. The van der Waals surface area contributed by atoms with Crippen LogP contribution in [0, 0.1) is 17.5 Å².